The van der Waals surface area contributed by atoms with Crippen molar-refractivity contribution in [1.29, 1.82) is 0 Å². The Morgan fingerprint density at radius 3 is 2.85 bits per heavy atom. The minimum absolute atomic E-state index is 0.0336. The predicted molar refractivity (Wildman–Crippen MR) is 78.1 cm³/mol. The van der Waals surface area contributed by atoms with Crippen molar-refractivity contribution < 1.29 is 14.3 Å². The van der Waals surface area contributed by atoms with Crippen LogP contribution in [0.1, 0.15) is 12.8 Å². The van der Waals surface area contributed by atoms with Gasteiger partial charge in [-0.3, -0.25) is 9.59 Å². The Morgan fingerprint density at radius 2 is 2.15 bits per heavy atom. The maximum Gasteiger partial charge on any atom is 0.260 e. The molecule has 0 aromatic heterocycles. The Balaban J connectivity index is 1.89. The summed E-state index contributed by atoms with van der Waals surface area (Å²) in [6, 6.07) is 7.36. The van der Waals surface area contributed by atoms with Crippen LogP contribution >= 0.6 is 15.9 Å². The SMILES string of the molecule is NC(=O)C1CCCN(C(=O)COc2ccccc2Br)C1. The van der Waals surface area contributed by atoms with Crippen LogP contribution in [-0.2, 0) is 9.59 Å². The van der Waals surface area contributed by atoms with E-state index in [9.17, 15) is 9.59 Å². The highest BCUT2D eigenvalue weighted by Crippen LogP contribution is 2.24. The number of hydrogen-bond acceptors (Lipinski definition) is 3. The van der Waals surface area contributed by atoms with Crippen molar-refractivity contribution in [2.24, 2.45) is 11.7 Å². The number of nitrogens with zero attached hydrogens (tertiary/aromatic N) is 1. The van der Waals surface area contributed by atoms with Crippen LogP contribution in [0.15, 0.2) is 28.7 Å². The zero-order valence-corrected chi connectivity index (χ0v) is 12.6. The van der Waals surface area contributed by atoms with E-state index in [2.05, 4.69) is 15.9 Å². The molecule has 0 bridgehead atoms. The quantitative estimate of drug-likeness (QED) is 0.903. The fraction of sp³-hybridized carbons (Fsp3) is 0.429. The minimum atomic E-state index is -0.339. The Morgan fingerprint density at radius 1 is 1.40 bits per heavy atom. The van der Waals surface area contributed by atoms with Crippen molar-refractivity contribution in [2.75, 3.05) is 19.7 Å². The number of carbonyl (C=O) groups excluding carboxylic acids is 2. The molecular weight excluding hydrogens is 324 g/mol. The predicted octanol–water partition coefficient (Wildman–Crippen LogP) is 1.55. The van der Waals surface area contributed by atoms with Gasteiger partial charge in [-0.05, 0) is 40.9 Å². The average Bonchev–Trinajstić information content (AvgIpc) is 2.46. The summed E-state index contributed by atoms with van der Waals surface area (Å²) in [4.78, 5) is 24.9. The maximum atomic E-state index is 12.1. The zero-order valence-electron chi connectivity index (χ0n) is 11.0. The van der Waals surface area contributed by atoms with Crippen LogP contribution in [0, 0.1) is 5.92 Å². The summed E-state index contributed by atoms with van der Waals surface area (Å²) in [5.41, 5.74) is 5.30. The van der Waals surface area contributed by atoms with E-state index in [4.69, 9.17) is 10.5 Å². The van der Waals surface area contributed by atoms with Crippen molar-refractivity contribution >= 4 is 27.7 Å². The van der Waals surface area contributed by atoms with Gasteiger partial charge in [-0.1, -0.05) is 12.1 Å². The number of rotatable bonds is 4. The minimum Gasteiger partial charge on any atom is -0.483 e. The highest BCUT2D eigenvalue weighted by atomic mass is 79.9. The van der Waals surface area contributed by atoms with Crippen LogP contribution in [-0.4, -0.2) is 36.4 Å². The molecule has 1 aromatic rings. The first-order chi connectivity index (χ1) is 9.58. The average molecular weight is 341 g/mol. The molecule has 1 fully saturated rings. The highest BCUT2D eigenvalue weighted by Gasteiger charge is 2.27. The third-order valence-electron chi connectivity index (χ3n) is 3.36. The third-order valence-corrected chi connectivity index (χ3v) is 4.02. The van der Waals surface area contributed by atoms with E-state index >= 15 is 0 Å². The van der Waals surface area contributed by atoms with Gasteiger partial charge in [0.05, 0.1) is 10.4 Å². The van der Waals surface area contributed by atoms with Crippen LogP contribution in [0.2, 0.25) is 0 Å². The molecule has 0 saturated carbocycles. The van der Waals surface area contributed by atoms with Crippen molar-refractivity contribution in [1.82, 2.24) is 4.90 Å². The molecule has 1 heterocycles. The molecule has 6 heteroatoms. The lowest BCUT2D eigenvalue weighted by Gasteiger charge is -2.31. The van der Waals surface area contributed by atoms with Crippen LogP contribution in [0.5, 0.6) is 5.75 Å². The van der Waals surface area contributed by atoms with Gasteiger partial charge in [0, 0.05) is 13.1 Å². The molecule has 1 unspecified atom stereocenters. The summed E-state index contributed by atoms with van der Waals surface area (Å²) < 4.78 is 6.30. The number of amides is 2. The molecule has 0 aliphatic carbocycles. The molecule has 1 atom stereocenters. The molecule has 20 heavy (non-hydrogen) atoms. The normalized spacial score (nSPS) is 18.6. The molecule has 1 aromatic carbocycles. The second kappa shape index (κ2) is 6.74. The largest absolute Gasteiger partial charge is 0.483 e. The van der Waals surface area contributed by atoms with Gasteiger partial charge in [0.25, 0.3) is 5.91 Å². The standard InChI is InChI=1S/C14H17BrN2O3/c15-11-5-1-2-6-12(11)20-9-13(18)17-7-3-4-10(8-17)14(16)19/h1-2,5-6,10H,3-4,7-9H2,(H2,16,19). The lowest BCUT2D eigenvalue weighted by Crippen LogP contribution is -2.45. The molecule has 2 rings (SSSR count). The molecule has 5 nitrogen and oxygen atoms in total. The molecule has 0 spiro atoms. The first kappa shape index (κ1) is 14.8. The van der Waals surface area contributed by atoms with Gasteiger partial charge in [-0.2, -0.15) is 0 Å². The van der Waals surface area contributed by atoms with Gasteiger partial charge in [0.2, 0.25) is 5.91 Å². The molecule has 1 aliphatic heterocycles. The first-order valence-corrected chi connectivity index (χ1v) is 7.31. The molecule has 1 saturated heterocycles. The molecule has 0 radical (unpaired) electrons. The Labute approximate surface area is 126 Å². The second-order valence-corrected chi connectivity index (χ2v) is 5.65. The first-order valence-electron chi connectivity index (χ1n) is 6.52. The molecule has 2 amide bonds. The van der Waals surface area contributed by atoms with E-state index in [0.717, 1.165) is 17.3 Å². The highest BCUT2D eigenvalue weighted by molar-refractivity contribution is 9.10. The number of likely N-dealkylation sites (tertiary alicyclic amines) is 1. The molecular formula is C14H17BrN2O3. The lowest BCUT2D eigenvalue weighted by molar-refractivity contribution is -0.136. The van der Waals surface area contributed by atoms with E-state index in [1.165, 1.54) is 0 Å². The van der Waals surface area contributed by atoms with E-state index < -0.39 is 0 Å². The number of ether oxygens (including phenoxy) is 1. The van der Waals surface area contributed by atoms with Gasteiger partial charge in [0.15, 0.2) is 6.61 Å². The van der Waals surface area contributed by atoms with Gasteiger partial charge < -0.3 is 15.4 Å². The van der Waals surface area contributed by atoms with Gasteiger partial charge in [-0.15, -0.1) is 0 Å². The number of benzene rings is 1. The van der Waals surface area contributed by atoms with E-state index in [1.54, 1.807) is 11.0 Å². The third kappa shape index (κ3) is 3.72. The Kier molecular flexibility index (Phi) is 5.00. The van der Waals surface area contributed by atoms with Crippen molar-refractivity contribution in [3.8, 4) is 5.75 Å². The number of primary amides is 1. The zero-order chi connectivity index (χ0) is 14.5. The summed E-state index contributed by atoms with van der Waals surface area (Å²) in [5.74, 6) is -0.0682. The second-order valence-electron chi connectivity index (χ2n) is 4.80. The monoisotopic (exact) mass is 340 g/mol. The van der Waals surface area contributed by atoms with Gasteiger partial charge in [-0.25, -0.2) is 0 Å². The molecule has 2 N–H and O–H groups in total. The molecule has 1 aliphatic rings. The Hall–Kier alpha value is -1.56. The van der Waals surface area contributed by atoms with Crippen LogP contribution < -0.4 is 10.5 Å². The lowest BCUT2D eigenvalue weighted by atomic mass is 9.97. The smallest absolute Gasteiger partial charge is 0.260 e. The van der Waals surface area contributed by atoms with Gasteiger partial charge >= 0.3 is 0 Å². The summed E-state index contributed by atoms with van der Waals surface area (Å²) in [7, 11) is 0. The Bertz CT molecular complexity index is 507. The van der Waals surface area contributed by atoms with Crippen LogP contribution in [0.25, 0.3) is 0 Å². The van der Waals surface area contributed by atoms with Gasteiger partial charge in [0.1, 0.15) is 5.75 Å². The number of piperidine rings is 1. The van der Waals surface area contributed by atoms with Crippen molar-refractivity contribution in [3.05, 3.63) is 28.7 Å². The topological polar surface area (TPSA) is 72.6 Å². The van der Waals surface area contributed by atoms with Crippen LogP contribution in [0.3, 0.4) is 0 Å². The van der Waals surface area contributed by atoms with E-state index in [0.29, 0.717) is 18.8 Å². The van der Waals surface area contributed by atoms with E-state index in [-0.39, 0.29) is 24.3 Å². The maximum absolute atomic E-state index is 12.1. The number of halogens is 1. The van der Waals surface area contributed by atoms with Crippen LogP contribution in [0.4, 0.5) is 0 Å². The number of hydrogen-bond donors (Lipinski definition) is 1. The van der Waals surface area contributed by atoms with E-state index in [1.807, 2.05) is 18.2 Å². The van der Waals surface area contributed by atoms with Crippen molar-refractivity contribution in [3.63, 3.8) is 0 Å². The summed E-state index contributed by atoms with van der Waals surface area (Å²) in [5, 5.41) is 0. The number of nitrogens with two attached hydrogens (primary N) is 1. The number of carbonyl (C=O) groups is 2. The van der Waals surface area contributed by atoms with Crippen molar-refractivity contribution in [2.45, 2.75) is 12.8 Å². The molecule has 108 valence electrons. The fourth-order valence-electron chi connectivity index (χ4n) is 2.23. The summed E-state index contributed by atoms with van der Waals surface area (Å²) in [6.45, 7) is 1.02. The summed E-state index contributed by atoms with van der Waals surface area (Å²) >= 11 is 3.36. The summed E-state index contributed by atoms with van der Waals surface area (Å²) in [6.07, 6.45) is 1.55. The fourth-order valence-corrected chi connectivity index (χ4v) is 2.63. The number of para-hydroxylation sites is 1.